The highest BCUT2D eigenvalue weighted by molar-refractivity contribution is 6.32. The van der Waals surface area contributed by atoms with Crippen LogP contribution in [0.25, 0.3) is 0 Å². The molecule has 1 heterocycles. The van der Waals surface area contributed by atoms with Crippen LogP contribution in [0.15, 0.2) is 29.4 Å². The lowest BCUT2D eigenvalue weighted by molar-refractivity contribution is 0.171. The Hall–Kier alpha value is -2.05. The minimum atomic E-state index is -0.654. The molecule has 1 N–H and O–H groups in total. The number of hydrazone groups is 1. The Kier molecular flexibility index (Phi) is 5.41. The summed E-state index contributed by atoms with van der Waals surface area (Å²) >= 11 is 12.2. The number of aromatic nitrogens is 2. The van der Waals surface area contributed by atoms with Crippen LogP contribution in [0.5, 0.6) is 0 Å². The number of hydrogen-bond acceptors (Lipinski definition) is 4. The molecular formula is C14H14Cl2N4O2. The third kappa shape index (κ3) is 3.99. The molecule has 0 bridgehead atoms. The first-order valence-corrected chi connectivity index (χ1v) is 7.11. The van der Waals surface area contributed by atoms with E-state index in [2.05, 4.69) is 20.4 Å². The van der Waals surface area contributed by atoms with Crippen molar-refractivity contribution >= 4 is 35.5 Å². The lowest BCUT2D eigenvalue weighted by Gasteiger charge is -2.03. The molecule has 8 heteroatoms. The summed E-state index contributed by atoms with van der Waals surface area (Å²) in [5.74, 6) is 0. The number of ether oxygens (including phenoxy) is 1. The number of aryl methyl sites for hydroxylation is 1. The van der Waals surface area contributed by atoms with Crippen molar-refractivity contribution in [2.24, 2.45) is 5.10 Å². The molecule has 0 radical (unpaired) electrons. The van der Waals surface area contributed by atoms with Crippen LogP contribution in [0.4, 0.5) is 4.79 Å². The van der Waals surface area contributed by atoms with Gasteiger partial charge in [0.2, 0.25) is 0 Å². The molecule has 22 heavy (non-hydrogen) atoms. The summed E-state index contributed by atoms with van der Waals surface area (Å²) in [5, 5.41) is 9.23. The minimum Gasteiger partial charge on any atom is -0.452 e. The largest absolute Gasteiger partial charge is 0.452 e. The molecule has 0 aliphatic rings. The molecule has 2 aromatic rings. The van der Waals surface area contributed by atoms with Crippen molar-refractivity contribution < 1.29 is 9.53 Å². The zero-order valence-corrected chi connectivity index (χ0v) is 13.5. The molecule has 0 saturated carbocycles. The number of benzene rings is 1. The highest BCUT2D eigenvalue weighted by Crippen LogP contribution is 2.19. The Labute approximate surface area is 137 Å². The summed E-state index contributed by atoms with van der Waals surface area (Å²) in [5.41, 5.74) is 4.55. The van der Waals surface area contributed by atoms with Crippen LogP contribution in [-0.2, 0) is 11.3 Å². The zero-order valence-electron chi connectivity index (χ0n) is 12.0. The van der Waals surface area contributed by atoms with Crippen molar-refractivity contribution in [2.45, 2.75) is 13.5 Å². The van der Waals surface area contributed by atoms with Crippen LogP contribution in [0, 0.1) is 6.92 Å². The van der Waals surface area contributed by atoms with Gasteiger partial charge in [-0.2, -0.15) is 10.2 Å². The Morgan fingerprint density at radius 3 is 2.73 bits per heavy atom. The fourth-order valence-corrected chi connectivity index (χ4v) is 2.19. The Balaban J connectivity index is 2.16. The molecule has 6 nitrogen and oxygen atoms in total. The van der Waals surface area contributed by atoms with E-state index in [0.29, 0.717) is 28.0 Å². The van der Waals surface area contributed by atoms with E-state index in [1.54, 1.807) is 4.68 Å². The van der Waals surface area contributed by atoms with Gasteiger partial charge in [-0.15, -0.1) is 0 Å². The molecule has 0 aliphatic carbocycles. The van der Waals surface area contributed by atoms with Gasteiger partial charge in [0.15, 0.2) is 0 Å². The van der Waals surface area contributed by atoms with Crippen molar-refractivity contribution in [1.29, 1.82) is 0 Å². The first kappa shape index (κ1) is 16.3. The van der Waals surface area contributed by atoms with Gasteiger partial charge < -0.3 is 4.74 Å². The number of carbonyl (C=O) groups excluding carboxylic acids is 1. The van der Waals surface area contributed by atoms with E-state index >= 15 is 0 Å². The van der Waals surface area contributed by atoms with Gasteiger partial charge in [0, 0.05) is 5.02 Å². The second-order valence-corrected chi connectivity index (χ2v) is 5.23. The first-order valence-electron chi connectivity index (χ1n) is 6.35. The number of rotatable bonds is 4. The number of nitrogens with one attached hydrogen (secondary N) is 1. The highest BCUT2D eigenvalue weighted by Gasteiger charge is 2.12. The molecular weight excluding hydrogens is 327 g/mol. The van der Waals surface area contributed by atoms with E-state index in [4.69, 9.17) is 23.2 Å². The number of methoxy groups -OCH3 is 1. The zero-order chi connectivity index (χ0) is 16.1. The Morgan fingerprint density at radius 1 is 1.41 bits per heavy atom. The van der Waals surface area contributed by atoms with E-state index in [9.17, 15) is 4.79 Å². The van der Waals surface area contributed by atoms with Gasteiger partial charge in [0.1, 0.15) is 5.15 Å². The van der Waals surface area contributed by atoms with E-state index < -0.39 is 6.09 Å². The van der Waals surface area contributed by atoms with Crippen LogP contribution >= 0.6 is 23.2 Å². The number of halogens is 2. The van der Waals surface area contributed by atoms with Gasteiger partial charge in [-0.1, -0.05) is 35.3 Å². The number of nitrogens with zero attached hydrogens (tertiary/aromatic N) is 3. The summed E-state index contributed by atoms with van der Waals surface area (Å²) in [6.45, 7) is 2.32. The predicted octanol–water partition coefficient (Wildman–Crippen LogP) is 3.24. The maximum absolute atomic E-state index is 10.9. The van der Waals surface area contributed by atoms with Crippen LogP contribution in [0.3, 0.4) is 0 Å². The maximum Gasteiger partial charge on any atom is 0.427 e. The third-order valence-corrected chi connectivity index (χ3v) is 3.54. The Morgan fingerprint density at radius 2 is 2.09 bits per heavy atom. The molecule has 1 aromatic heterocycles. The average molecular weight is 341 g/mol. The molecule has 1 amide bonds. The second kappa shape index (κ2) is 7.29. The average Bonchev–Trinajstić information content (AvgIpc) is 2.76. The summed E-state index contributed by atoms with van der Waals surface area (Å²) in [7, 11) is 1.26. The van der Waals surface area contributed by atoms with E-state index in [1.807, 2.05) is 31.2 Å². The van der Waals surface area contributed by atoms with Crippen molar-refractivity contribution in [3.63, 3.8) is 0 Å². The van der Waals surface area contributed by atoms with Crippen LogP contribution in [0.2, 0.25) is 10.2 Å². The second-order valence-electron chi connectivity index (χ2n) is 4.44. The smallest absolute Gasteiger partial charge is 0.427 e. The van der Waals surface area contributed by atoms with E-state index in [1.165, 1.54) is 13.3 Å². The number of carbonyl (C=O) groups is 1. The lowest BCUT2D eigenvalue weighted by Crippen LogP contribution is -2.16. The van der Waals surface area contributed by atoms with Gasteiger partial charge in [-0.3, -0.25) is 0 Å². The Bertz CT molecular complexity index is 696. The number of amides is 1. The molecule has 0 saturated heterocycles. The molecule has 0 aliphatic heterocycles. The fourth-order valence-electron chi connectivity index (χ4n) is 1.78. The van der Waals surface area contributed by atoms with Gasteiger partial charge in [0.25, 0.3) is 0 Å². The van der Waals surface area contributed by atoms with Crippen LogP contribution < -0.4 is 5.43 Å². The van der Waals surface area contributed by atoms with E-state index in [0.717, 1.165) is 5.56 Å². The topological polar surface area (TPSA) is 68.5 Å². The molecule has 1 aromatic carbocycles. The molecule has 0 unspecified atom stereocenters. The molecule has 0 fully saturated rings. The summed E-state index contributed by atoms with van der Waals surface area (Å²) < 4.78 is 6.07. The van der Waals surface area contributed by atoms with Gasteiger partial charge in [-0.25, -0.2) is 14.9 Å². The van der Waals surface area contributed by atoms with Crippen molar-refractivity contribution in [3.05, 3.63) is 51.3 Å². The van der Waals surface area contributed by atoms with Crippen LogP contribution in [0.1, 0.15) is 16.8 Å². The summed E-state index contributed by atoms with van der Waals surface area (Å²) in [4.78, 5) is 10.9. The maximum atomic E-state index is 10.9. The number of hydrogen-bond donors (Lipinski definition) is 1. The SMILES string of the molecule is COC(=O)N/N=C/c1c(C)nn(Cc2ccc(Cl)cc2)c1Cl. The summed E-state index contributed by atoms with van der Waals surface area (Å²) in [6, 6.07) is 7.43. The lowest BCUT2D eigenvalue weighted by atomic mass is 10.2. The monoisotopic (exact) mass is 340 g/mol. The van der Waals surface area contributed by atoms with Gasteiger partial charge in [-0.05, 0) is 24.6 Å². The van der Waals surface area contributed by atoms with E-state index in [-0.39, 0.29) is 0 Å². The first-order chi connectivity index (χ1) is 10.5. The third-order valence-electron chi connectivity index (χ3n) is 2.89. The summed E-state index contributed by atoms with van der Waals surface area (Å²) in [6.07, 6.45) is 0.776. The van der Waals surface area contributed by atoms with Crippen molar-refractivity contribution in [3.8, 4) is 0 Å². The van der Waals surface area contributed by atoms with Gasteiger partial charge in [0.05, 0.1) is 31.1 Å². The van der Waals surface area contributed by atoms with Gasteiger partial charge >= 0.3 is 6.09 Å². The van der Waals surface area contributed by atoms with Crippen molar-refractivity contribution in [2.75, 3.05) is 7.11 Å². The standard InChI is InChI=1S/C14H14Cl2N4O2/c1-9-12(7-17-18-14(21)22-2)13(16)20(19-9)8-10-3-5-11(15)6-4-10/h3-7H,8H2,1-2H3,(H,18,21)/b17-7+. The molecule has 116 valence electrons. The normalized spacial score (nSPS) is 10.9. The predicted molar refractivity (Wildman–Crippen MR) is 85.7 cm³/mol. The molecule has 2 rings (SSSR count). The molecule has 0 spiro atoms. The molecule has 0 atom stereocenters. The highest BCUT2D eigenvalue weighted by atomic mass is 35.5. The fraction of sp³-hybridized carbons (Fsp3) is 0.214. The van der Waals surface area contributed by atoms with Crippen LogP contribution in [-0.4, -0.2) is 29.2 Å². The quantitative estimate of drug-likeness (QED) is 0.686. The minimum absolute atomic E-state index is 0.433. The van der Waals surface area contributed by atoms with Crippen molar-refractivity contribution in [1.82, 2.24) is 15.2 Å².